The highest BCUT2D eigenvalue weighted by atomic mass is 19.3. The Labute approximate surface area is 208 Å². The number of pyridine rings is 2. The Morgan fingerprint density at radius 1 is 1.11 bits per heavy atom. The van der Waals surface area contributed by atoms with Crippen LogP contribution in [-0.4, -0.2) is 37.2 Å². The molecule has 0 aliphatic rings. The van der Waals surface area contributed by atoms with Gasteiger partial charge in [-0.1, -0.05) is 0 Å². The molecule has 0 unspecified atom stereocenters. The minimum Gasteiger partial charge on any atom is -0.477 e. The Balaban J connectivity index is 1.80. The average Bonchev–Trinajstić information content (AvgIpc) is 2.84. The predicted octanol–water partition coefficient (Wildman–Crippen LogP) is 4.11. The van der Waals surface area contributed by atoms with Crippen LogP contribution in [-0.2, 0) is 6.54 Å². The van der Waals surface area contributed by atoms with E-state index in [1.165, 1.54) is 48.7 Å². The number of benzene rings is 1. The Hall–Kier alpha value is -4.74. The van der Waals surface area contributed by atoms with Crippen LogP contribution in [0.2, 0.25) is 0 Å². The molecule has 0 saturated carbocycles. The van der Waals surface area contributed by atoms with Gasteiger partial charge in [-0.25, -0.2) is 22.9 Å². The van der Waals surface area contributed by atoms with Crippen molar-refractivity contribution in [2.45, 2.75) is 19.9 Å². The van der Waals surface area contributed by atoms with Crippen molar-refractivity contribution in [3.8, 4) is 28.3 Å². The van der Waals surface area contributed by atoms with E-state index in [2.05, 4.69) is 15.0 Å². The molecule has 12 heteroatoms. The van der Waals surface area contributed by atoms with Crippen molar-refractivity contribution in [2.75, 3.05) is 12.3 Å². The number of carbonyl (C=O) groups is 1. The minimum atomic E-state index is -2.85. The number of carboxylic acid groups (broad SMARTS) is 1. The Morgan fingerprint density at radius 2 is 1.84 bits per heavy atom. The van der Waals surface area contributed by atoms with Crippen LogP contribution >= 0.6 is 0 Å². The van der Waals surface area contributed by atoms with Crippen molar-refractivity contribution < 1.29 is 27.8 Å². The maximum atomic E-state index is 13.6. The van der Waals surface area contributed by atoms with E-state index in [9.17, 15) is 22.8 Å². The zero-order valence-electron chi connectivity index (χ0n) is 19.4. The standard InChI is InChI=1S/C25H20F3N5O4/c1-13-11-15(12-18(30-13)21(27)28)19-20(14-4-6-16(26)7-5-14)31-25(29)32-22(19)37-10-9-33-8-2-3-17(23(33)34)24(35)36/h2-8,11-12,21H,9-10H2,1H3,(H,35,36)(H2,29,31,32). The van der Waals surface area contributed by atoms with Crippen molar-refractivity contribution in [1.29, 1.82) is 0 Å². The molecule has 3 aromatic heterocycles. The number of aromatic carboxylic acids is 1. The number of alkyl halides is 2. The van der Waals surface area contributed by atoms with Crippen LogP contribution in [0.5, 0.6) is 5.88 Å². The first-order chi connectivity index (χ1) is 17.6. The summed E-state index contributed by atoms with van der Waals surface area (Å²) in [6.45, 7) is 1.35. The molecular weight excluding hydrogens is 491 g/mol. The van der Waals surface area contributed by atoms with E-state index >= 15 is 0 Å². The molecule has 1 aromatic carbocycles. The van der Waals surface area contributed by atoms with Crippen molar-refractivity contribution >= 4 is 11.9 Å². The molecule has 0 saturated heterocycles. The molecule has 0 aliphatic heterocycles. The van der Waals surface area contributed by atoms with E-state index in [0.717, 1.165) is 4.57 Å². The third-order valence-electron chi connectivity index (χ3n) is 5.32. The summed E-state index contributed by atoms with van der Waals surface area (Å²) in [7, 11) is 0. The molecule has 0 fully saturated rings. The number of anilines is 1. The molecular formula is C25H20F3N5O4. The van der Waals surface area contributed by atoms with Crippen LogP contribution in [0.25, 0.3) is 22.4 Å². The second-order valence-electron chi connectivity index (χ2n) is 7.91. The van der Waals surface area contributed by atoms with Crippen molar-refractivity contribution in [3.63, 3.8) is 0 Å². The summed E-state index contributed by atoms with van der Waals surface area (Å²) in [4.78, 5) is 35.9. The lowest BCUT2D eigenvalue weighted by atomic mass is 9.99. The number of halogens is 3. The van der Waals surface area contributed by atoms with Crippen LogP contribution in [0.1, 0.15) is 28.2 Å². The predicted molar refractivity (Wildman–Crippen MR) is 128 cm³/mol. The maximum absolute atomic E-state index is 13.6. The first-order valence-electron chi connectivity index (χ1n) is 10.9. The van der Waals surface area contributed by atoms with Gasteiger partial charge in [0.15, 0.2) is 0 Å². The van der Waals surface area contributed by atoms with Gasteiger partial charge in [0.1, 0.15) is 23.7 Å². The fourth-order valence-corrected chi connectivity index (χ4v) is 3.70. The number of ether oxygens (including phenoxy) is 1. The second-order valence-corrected chi connectivity index (χ2v) is 7.91. The van der Waals surface area contributed by atoms with Gasteiger partial charge in [-0.05, 0) is 61.0 Å². The number of rotatable bonds is 8. The third kappa shape index (κ3) is 5.58. The van der Waals surface area contributed by atoms with Crippen molar-refractivity contribution in [3.05, 3.63) is 87.9 Å². The van der Waals surface area contributed by atoms with Crippen LogP contribution in [0.15, 0.2) is 59.5 Å². The van der Waals surface area contributed by atoms with Crippen LogP contribution in [0.4, 0.5) is 19.1 Å². The smallest absolute Gasteiger partial charge is 0.341 e. The van der Waals surface area contributed by atoms with Gasteiger partial charge >= 0.3 is 5.97 Å². The summed E-state index contributed by atoms with van der Waals surface area (Å²) < 4.78 is 47.6. The van der Waals surface area contributed by atoms with E-state index in [0.29, 0.717) is 11.3 Å². The molecule has 0 spiro atoms. The van der Waals surface area contributed by atoms with Gasteiger partial charge in [0.05, 0.1) is 17.8 Å². The monoisotopic (exact) mass is 511 g/mol. The Bertz CT molecular complexity index is 1520. The number of aryl methyl sites for hydroxylation is 1. The molecule has 0 aliphatic carbocycles. The second kappa shape index (κ2) is 10.5. The van der Waals surface area contributed by atoms with Gasteiger partial charge in [0.2, 0.25) is 11.8 Å². The molecule has 9 nitrogen and oxygen atoms in total. The number of nitrogens with two attached hydrogens (primary N) is 1. The zero-order chi connectivity index (χ0) is 26.7. The van der Waals surface area contributed by atoms with E-state index in [4.69, 9.17) is 15.6 Å². The van der Waals surface area contributed by atoms with Gasteiger partial charge in [-0.2, -0.15) is 4.98 Å². The highest BCUT2D eigenvalue weighted by molar-refractivity contribution is 5.87. The lowest BCUT2D eigenvalue weighted by Crippen LogP contribution is -2.27. The fraction of sp³-hybridized carbons (Fsp3) is 0.160. The highest BCUT2D eigenvalue weighted by Gasteiger charge is 2.22. The Kier molecular flexibility index (Phi) is 7.18. The minimum absolute atomic E-state index is 0.0488. The topological polar surface area (TPSA) is 133 Å². The van der Waals surface area contributed by atoms with Gasteiger partial charge < -0.3 is 20.1 Å². The molecule has 0 bridgehead atoms. The summed E-state index contributed by atoms with van der Waals surface area (Å²) in [5, 5.41) is 9.17. The molecule has 190 valence electrons. The Morgan fingerprint density at radius 3 is 2.51 bits per heavy atom. The van der Waals surface area contributed by atoms with Gasteiger partial charge in [0, 0.05) is 17.5 Å². The van der Waals surface area contributed by atoms with Crippen molar-refractivity contribution in [2.24, 2.45) is 0 Å². The molecule has 0 atom stereocenters. The van der Waals surface area contributed by atoms with Gasteiger partial charge in [0.25, 0.3) is 12.0 Å². The van der Waals surface area contributed by atoms with Gasteiger partial charge in [-0.3, -0.25) is 9.78 Å². The lowest BCUT2D eigenvalue weighted by molar-refractivity contribution is 0.0694. The van der Waals surface area contributed by atoms with E-state index in [-0.39, 0.29) is 41.8 Å². The normalized spacial score (nSPS) is 11.1. The maximum Gasteiger partial charge on any atom is 0.341 e. The largest absolute Gasteiger partial charge is 0.477 e. The number of nitrogens with zero attached hydrogens (tertiary/aromatic N) is 4. The molecule has 4 aromatic rings. The first-order valence-corrected chi connectivity index (χ1v) is 10.9. The van der Waals surface area contributed by atoms with Crippen LogP contribution in [0, 0.1) is 12.7 Å². The third-order valence-corrected chi connectivity index (χ3v) is 5.32. The SMILES string of the molecule is Cc1cc(-c2c(OCCn3cccc(C(=O)O)c3=O)nc(N)nc2-c2ccc(F)cc2)cc(C(F)F)n1. The van der Waals surface area contributed by atoms with Crippen molar-refractivity contribution in [1.82, 2.24) is 19.5 Å². The highest BCUT2D eigenvalue weighted by Crippen LogP contribution is 2.39. The number of aromatic nitrogens is 4. The summed E-state index contributed by atoms with van der Waals surface area (Å²) in [6, 6.07) is 10.6. The molecule has 37 heavy (non-hydrogen) atoms. The quantitative estimate of drug-likeness (QED) is 0.361. The summed E-state index contributed by atoms with van der Waals surface area (Å²) in [6.07, 6.45) is -1.45. The first kappa shape index (κ1) is 25.4. The average molecular weight is 511 g/mol. The van der Waals surface area contributed by atoms with Crippen LogP contribution < -0.4 is 16.0 Å². The molecule has 0 amide bonds. The number of hydrogen-bond donors (Lipinski definition) is 2. The summed E-state index contributed by atoms with van der Waals surface area (Å²) in [5.74, 6) is -2.11. The number of carboxylic acids is 1. The van der Waals surface area contributed by atoms with E-state index in [1.54, 1.807) is 13.0 Å². The van der Waals surface area contributed by atoms with E-state index < -0.39 is 35.0 Å². The molecule has 0 radical (unpaired) electrons. The molecule has 3 heterocycles. The van der Waals surface area contributed by atoms with Crippen LogP contribution in [0.3, 0.4) is 0 Å². The van der Waals surface area contributed by atoms with Gasteiger partial charge in [-0.15, -0.1) is 0 Å². The number of hydrogen-bond acceptors (Lipinski definition) is 7. The number of nitrogen functional groups attached to an aromatic ring is 1. The molecule has 4 rings (SSSR count). The fourth-order valence-electron chi connectivity index (χ4n) is 3.70. The lowest BCUT2D eigenvalue weighted by Gasteiger charge is -2.17. The zero-order valence-corrected chi connectivity index (χ0v) is 19.4. The summed E-state index contributed by atoms with van der Waals surface area (Å²) >= 11 is 0. The molecule has 3 N–H and O–H groups in total. The van der Waals surface area contributed by atoms with E-state index in [1.807, 2.05) is 0 Å². The summed E-state index contributed by atoms with van der Waals surface area (Å²) in [5.41, 5.74) is 5.72.